The summed E-state index contributed by atoms with van der Waals surface area (Å²) in [4.78, 5) is 28.3. The van der Waals surface area contributed by atoms with E-state index in [-0.39, 0.29) is 17.7 Å². The molecular formula is C22H26ClN3O2. The van der Waals surface area contributed by atoms with Gasteiger partial charge in [-0.1, -0.05) is 29.8 Å². The molecule has 1 aliphatic rings. The number of nitrogens with one attached hydrogen (secondary N) is 1. The van der Waals surface area contributed by atoms with Gasteiger partial charge in [-0.15, -0.1) is 0 Å². The first-order valence-corrected chi connectivity index (χ1v) is 9.94. The summed E-state index contributed by atoms with van der Waals surface area (Å²) < 4.78 is 0. The van der Waals surface area contributed by atoms with E-state index in [0.717, 1.165) is 43.0 Å². The largest absolute Gasteiger partial charge is 0.369 e. The van der Waals surface area contributed by atoms with Crippen molar-refractivity contribution in [3.8, 4) is 0 Å². The van der Waals surface area contributed by atoms with Crippen molar-refractivity contribution in [3.63, 3.8) is 0 Å². The fraction of sp³-hybridized carbons (Fsp3) is 0.364. The fourth-order valence-electron chi connectivity index (χ4n) is 3.47. The van der Waals surface area contributed by atoms with E-state index >= 15 is 0 Å². The van der Waals surface area contributed by atoms with E-state index in [1.165, 1.54) is 0 Å². The van der Waals surface area contributed by atoms with E-state index in [0.29, 0.717) is 11.6 Å². The van der Waals surface area contributed by atoms with Crippen molar-refractivity contribution >= 4 is 29.0 Å². The van der Waals surface area contributed by atoms with Crippen LogP contribution in [0.4, 0.5) is 5.69 Å². The number of piperazine rings is 1. The SMILES string of the molecule is CC(=O)c1ccc(N2CCN(CC(=O)N[C@H](C)c3ccccc3Cl)CC2)cc1. The van der Waals surface area contributed by atoms with Crippen molar-refractivity contribution in [2.45, 2.75) is 19.9 Å². The highest BCUT2D eigenvalue weighted by atomic mass is 35.5. The third-order valence-electron chi connectivity index (χ3n) is 5.13. The molecule has 3 rings (SSSR count). The quantitative estimate of drug-likeness (QED) is 0.755. The molecule has 1 heterocycles. The lowest BCUT2D eigenvalue weighted by atomic mass is 10.1. The van der Waals surface area contributed by atoms with Gasteiger partial charge < -0.3 is 10.2 Å². The maximum Gasteiger partial charge on any atom is 0.234 e. The highest BCUT2D eigenvalue weighted by molar-refractivity contribution is 6.31. The second-order valence-electron chi connectivity index (χ2n) is 7.18. The Kier molecular flexibility index (Phi) is 6.70. The van der Waals surface area contributed by atoms with Crippen LogP contribution in [-0.2, 0) is 4.79 Å². The number of ketones is 1. The molecule has 1 fully saturated rings. The van der Waals surface area contributed by atoms with Crippen LogP contribution in [0.2, 0.25) is 5.02 Å². The average molecular weight is 400 g/mol. The van der Waals surface area contributed by atoms with Crippen LogP contribution in [-0.4, -0.2) is 49.3 Å². The lowest BCUT2D eigenvalue weighted by Crippen LogP contribution is -2.49. The number of amides is 1. The van der Waals surface area contributed by atoms with E-state index in [2.05, 4.69) is 15.1 Å². The predicted molar refractivity (Wildman–Crippen MR) is 113 cm³/mol. The van der Waals surface area contributed by atoms with Gasteiger partial charge in [-0.2, -0.15) is 0 Å². The zero-order valence-corrected chi connectivity index (χ0v) is 17.1. The normalized spacial score (nSPS) is 15.9. The van der Waals surface area contributed by atoms with Crippen LogP contribution in [0.25, 0.3) is 0 Å². The van der Waals surface area contributed by atoms with Crippen LogP contribution in [0.1, 0.15) is 35.8 Å². The van der Waals surface area contributed by atoms with Crippen LogP contribution in [0.5, 0.6) is 0 Å². The Morgan fingerprint density at radius 2 is 1.68 bits per heavy atom. The molecule has 1 N–H and O–H groups in total. The van der Waals surface area contributed by atoms with Crippen molar-refractivity contribution < 1.29 is 9.59 Å². The van der Waals surface area contributed by atoms with Crippen LogP contribution >= 0.6 is 11.6 Å². The van der Waals surface area contributed by atoms with E-state index in [9.17, 15) is 9.59 Å². The molecule has 1 atom stereocenters. The number of halogens is 1. The number of carbonyl (C=O) groups excluding carboxylic acids is 2. The minimum absolute atomic E-state index is 0.00619. The molecule has 28 heavy (non-hydrogen) atoms. The van der Waals surface area contributed by atoms with E-state index < -0.39 is 0 Å². The van der Waals surface area contributed by atoms with Gasteiger partial charge in [0.15, 0.2) is 5.78 Å². The smallest absolute Gasteiger partial charge is 0.234 e. The molecule has 1 saturated heterocycles. The first kappa shape index (κ1) is 20.4. The Morgan fingerprint density at radius 3 is 2.29 bits per heavy atom. The standard InChI is InChI=1S/C22H26ClN3O2/c1-16(20-5-3-4-6-21(20)23)24-22(28)15-25-11-13-26(14-12-25)19-9-7-18(8-10-19)17(2)27/h3-10,16H,11-15H2,1-2H3,(H,24,28)/t16-/m1/s1. The summed E-state index contributed by atoms with van der Waals surface area (Å²) in [6.45, 7) is 7.25. The molecule has 0 radical (unpaired) electrons. The monoisotopic (exact) mass is 399 g/mol. The maximum absolute atomic E-state index is 12.4. The predicted octanol–water partition coefficient (Wildman–Crippen LogP) is 3.54. The Balaban J connectivity index is 1.48. The van der Waals surface area contributed by atoms with Gasteiger partial charge in [-0.3, -0.25) is 14.5 Å². The van der Waals surface area contributed by atoms with Crippen molar-refractivity contribution in [1.82, 2.24) is 10.2 Å². The fourth-order valence-corrected chi connectivity index (χ4v) is 3.76. The van der Waals surface area contributed by atoms with E-state index in [1.54, 1.807) is 6.92 Å². The van der Waals surface area contributed by atoms with Gasteiger partial charge >= 0.3 is 0 Å². The maximum atomic E-state index is 12.4. The number of hydrogen-bond donors (Lipinski definition) is 1. The first-order chi connectivity index (χ1) is 13.4. The number of anilines is 1. The average Bonchev–Trinajstić information content (AvgIpc) is 2.69. The van der Waals surface area contributed by atoms with Crippen LogP contribution in [0, 0.1) is 0 Å². The Morgan fingerprint density at radius 1 is 1.04 bits per heavy atom. The molecular weight excluding hydrogens is 374 g/mol. The highest BCUT2D eigenvalue weighted by Crippen LogP contribution is 2.22. The molecule has 148 valence electrons. The third-order valence-corrected chi connectivity index (χ3v) is 5.47. The Hall–Kier alpha value is -2.37. The second kappa shape index (κ2) is 9.22. The Bertz CT molecular complexity index is 830. The highest BCUT2D eigenvalue weighted by Gasteiger charge is 2.20. The zero-order chi connectivity index (χ0) is 20.1. The molecule has 2 aromatic rings. The Labute approximate surface area is 171 Å². The molecule has 0 aliphatic carbocycles. The number of Topliss-reactive ketones (excluding diaryl/α,β-unsaturated/α-hetero) is 1. The number of carbonyl (C=O) groups is 2. The second-order valence-corrected chi connectivity index (χ2v) is 7.58. The molecule has 0 aromatic heterocycles. The van der Waals surface area contributed by atoms with Gasteiger partial charge in [0.05, 0.1) is 12.6 Å². The van der Waals surface area contributed by atoms with Gasteiger partial charge in [-0.05, 0) is 49.7 Å². The number of hydrogen-bond acceptors (Lipinski definition) is 4. The molecule has 5 nitrogen and oxygen atoms in total. The summed E-state index contributed by atoms with van der Waals surface area (Å²) in [5, 5.41) is 3.70. The van der Waals surface area contributed by atoms with Crippen LogP contribution in [0.3, 0.4) is 0 Å². The summed E-state index contributed by atoms with van der Waals surface area (Å²) in [5.41, 5.74) is 2.77. The molecule has 0 bridgehead atoms. The van der Waals surface area contributed by atoms with Crippen molar-refractivity contribution in [3.05, 3.63) is 64.7 Å². The number of rotatable bonds is 6. The zero-order valence-electron chi connectivity index (χ0n) is 16.3. The number of nitrogens with zero attached hydrogens (tertiary/aromatic N) is 2. The van der Waals surface area contributed by atoms with Gasteiger partial charge in [0.1, 0.15) is 0 Å². The molecule has 0 unspecified atom stereocenters. The summed E-state index contributed by atoms with van der Waals surface area (Å²) in [5.74, 6) is 0.0834. The van der Waals surface area contributed by atoms with Crippen LogP contribution < -0.4 is 10.2 Å². The summed E-state index contributed by atoms with van der Waals surface area (Å²) >= 11 is 6.21. The van der Waals surface area contributed by atoms with Gasteiger partial charge in [0.25, 0.3) is 0 Å². The topological polar surface area (TPSA) is 52.7 Å². The molecule has 2 aromatic carbocycles. The molecule has 1 aliphatic heterocycles. The minimum atomic E-state index is -0.123. The summed E-state index contributed by atoms with van der Waals surface area (Å²) in [6.07, 6.45) is 0. The molecule has 6 heteroatoms. The lowest BCUT2D eigenvalue weighted by molar-refractivity contribution is -0.123. The third kappa shape index (κ3) is 5.12. The van der Waals surface area contributed by atoms with Crippen molar-refractivity contribution in [2.75, 3.05) is 37.6 Å². The van der Waals surface area contributed by atoms with E-state index in [1.807, 2.05) is 55.5 Å². The molecule has 0 saturated carbocycles. The van der Waals surface area contributed by atoms with E-state index in [4.69, 9.17) is 11.6 Å². The van der Waals surface area contributed by atoms with Gasteiger partial charge in [0.2, 0.25) is 5.91 Å². The molecule has 0 spiro atoms. The molecule has 1 amide bonds. The summed E-state index contributed by atoms with van der Waals surface area (Å²) in [6, 6.07) is 15.2. The van der Waals surface area contributed by atoms with Crippen molar-refractivity contribution in [1.29, 1.82) is 0 Å². The van der Waals surface area contributed by atoms with Gasteiger partial charge in [0, 0.05) is 42.5 Å². The van der Waals surface area contributed by atoms with Crippen molar-refractivity contribution in [2.24, 2.45) is 0 Å². The lowest BCUT2D eigenvalue weighted by Gasteiger charge is -2.36. The summed E-state index contributed by atoms with van der Waals surface area (Å²) in [7, 11) is 0. The van der Waals surface area contributed by atoms with Gasteiger partial charge in [-0.25, -0.2) is 0 Å². The number of benzene rings is 2. The van der Waals surface area contributed by atoms with Crippen LogP contribution in [0.15, 0.2) is 48.5 Å². The minimum Gasteiger partial charge on any atom is -0.369 e. The first-order valence-electron chi connectivity index (χ1n) is 9.56.